The molecule has 1 N–H and O–H groups in total. The summed E-state index contributed by atoms with van der Waals surface area (Å²) in [5.41, 5.74) is 3.04. The van der Waals surface area contributed by atoms with Crippen LogP contribution < -0.4 is 10.1 Å². The number of aryl methyl sites for hydroxylation is 1. The van der Waals surface area contributed by atoms with Gasteiger partial charge in [0.2, 0.25) is 0 Å². The Morgan fingerprint density at radius 2 is 1.60 bits per heavy atom. The number of ether oxygens (including phenoxy) is 1. The second kappa shape index (κ2) is 6.75. The van der Waals surface area contributed by atoms with E-state index in [2.05, 4.69) is 24.4 Å². The van der Waals surface area contributed by atoms with Crippen molar-refractivity contribution in [2.45, 2.75) is 19.9 Å². The largest absolute Gasteiger partial charge is 0.497 e. The summed E-state index contributed by atoms with van der Waals surface area (Å²) >= 11 is 0. The van der Waals surface area contributed by atoms with Crippen LogP contribution in [-0.2, 0) is 13.0 Å². The van der Waals surface area contributed by atoms with Gasteiger partial charge in [-0.3, -0.25) is 4.79 Å². The highest BCUT2D eigenvalue weighted by molar-refractivity contribution is 5.94. The summed E-state index contributed by atoms with van der Waals surface area (Å²) in [6, 6.07) is 15.4. The van der Waals surface area contributed by atoms with Crippen LogP contribution in [0, 0.1) is 0 Å². The topological polar surface area (TPSA) is 38.3 Å². The number of hydrogen-bond acceptors (Lipinski definition) is 2. The highest BCUT2D eigenvalue weighted by Gasteiger charge is 2.05. The van der Waals surface area contributed by atoms with Crippen LogP contribution in [0.4, 0.5) is 0 Å². The van der Waals surface area contributed by atoms with Crippen molar-refractivity contribution < 1.29 is 9.53 Å². The normalized spacial score (nSPS) is 10.1. The molecule has 20 heavy (non-hydrogen) atoms. The molecule has 2 aromatic carbocycles. The lowest BCUT2D eigenvalue weighted by molar-refractivity contribution is 0.0951. The van der Waals surface area contributed by atoms with E-state index in [0.717, 1.165) is 17.7 Å². The third-order valence-corrected chi connectivity index (χ3v) is 3.24. The molecule has 3 heteroatoms. The fraction of sp³-hybridized carbons (Fsp3) is 0.235. The van der Waals surface area contributed by atoms with Gasteiger partial charge in [0.1, 0.15) is 5.75 Å². The van der Waals surface area contributed by atoms with Crippen molar-refractivity contribution in [2.24, 2.45) is 0 Å². The molecule has 0 saturated heterocycles. The zero-order valence-corrected chi connectivity index (χ0v) is 11.8. The van der Waals surface area contributed by atoms with Crippen molar-refractivity contribution in [1.29, 1.82) is 0 Å². The smallest absolute Gasteiger partial charge is 0.251 e. The molecule has 3 nitrogen and oxygen atoms in total. The third-order valence-electron chi connectivity index (χ3n) is 3.24. The maximum Gasteiger partial charge on any atom is 0.251 e. The monoisotopic (exact) mass is 269 g/mol. The van der Waals surface area contributed by atoms with E-state index in [4.69, 9.17) is 4.74 Å². The number of rotatable bonds is 5. The van der Waals surface area contributed by atoms with Crippen LogP contribution in [0.3, 0.4) is 0 Å². The first kappa shape index (κ1) is 14.1. The average molecular weight is 269 g/mol. The molecule has 0 atom stereocenters. The average Bonchev–Trinajstić information content (AvgIpc) is 2.53. The molecule has 0 fully saturated rings. The van der Waals surface area contributed by atoms with Crippen molar-refractivity contribution in [3.63, 3.8) is 0 Å². The Hall–Kier alpha value is -2.29. The first-order chi connectivity index (χ1) is 9.72. The van der Waals surface area contributed by atoms with E-state index in [9.17, 15) is 4.79 Å². The van der Waals surface area contributed by atoms with Crippen LogP contribution in [0.5, 0.6) is 5.75 Å². The Morgan fingerprint density at radius 3 is 2.15 bits per heavy atom. The predicted octanol–water partition coefficient (Wildman–Crippen LogP) is 3.19. The number of hydrogen-bond donors (Lipinski definition) is 1. The summed E-state index contributed by atoms with van der Waals surface area (Å²) in [5.74, 6) is 0.670. The molecule has 0 aliphatic heterocycles. The lowest BCUT2D eigenvalue weighted by Crippen LogP contribution is -2.22. The van der Waals surface area contributed by atoms with E-state index in [1.165, 1.54) is 5.56 Å². The van der Waals surface area contributed by atoms with Gasteiger partial charge in [0.15, 0.2) is 0 Å². The number of carbonyl (C=O) groups excluding carboxylic acids is 1. The van der Waals surface area contributed by atoms with Gasteiger partial charge in [0.05, 0.1) is 7.11 Å². The molecule has 0 saturated carbocycles. The zero-order valence-electron chi connectivity index (χ0n) is 11.8. The third kappa shape index (κ3) is 3.60. The summed E-state index contributed by atoms with van der Waals surface area (Å²) in [5, 5.41) is 2.91. The fourth-order valence-corrected chi connectivity index (χ4v) is 1.92. The highest BCUT2D eigenvalue weighted by atomic mass is 16.5. The van der Waals surface area contributed by atoms with Crippen molar-refractivity contribution in [1.82, 2.24) is 5.32 Å². The molecule has 0 aliphatic carbocycles. The van der Waals surface area contributed by atoms with E-state index in [1.807, 2.05) is 12.1 Å². The second-order valence-electron chi connectivity index (χ2n) is 4.58. The zero-order chi connectivity index (χ0) is 14.4. The minimum atomic E-state index is -0.0766. The van der Waals surface area contributed by atoms with Crippen LogP contribution >= 0.6 is 0 Å². The van der Waals surface area contributed by atoms with E-state index in [0.29, 0.717) is 12.1 Å². The molecular formula is C17H19NO2. The van der Waals surface area contributed by atoms with Crippen molar-refractivity contribution in [3.8, 4) is 5.75 Å². The molecule has 2 rings (SSSR count). The summed E-state index contributed by atoms with van der Waals surface area (Å²) in [7, 11) is 1.61. The SMILES string of the molecule is CCc1ccc(CNC(=O)c2ccc(OC)cc2)cc1. The summed E-state index contributed by atoms with van der Waals surface area (Å²) < 4.78 is 5.07. The first-order valence-electron chi connectivity index (χ1n) is 6.73. The minimum Gasteiger partial charge on any atom is -0.497 e. The molecule has 0 unspecified atom stereocenters. The molecule has 1 amide bonds. The van der Waals surface area contributed by atoms with Gasteiger partial charge in [-0.25, -0.2) is 0 Å². The maximum absolute atomic E-state index is 12.0. The van der Waals surface area contributed by atoms with E-state index >= 15 is 0 Å². The number of carbonyl (C=O) groups is 1. The van der Waals surface area contributed by atoms with Crippen molar-refractivity contribution in [2.75, 3.05) is 7.11 Å². The number of nitrogens with one attached hydrogen (secondary N) is 1. The molecule has 0 spiro atoms. The number of benzene rings is 2. The van der Waals surface area contributed by atoms with Crippen molar-refractivity contribution in [3.05, 3.63) is 65.2 Å². The first-order valence-corrected chi connectivity index (χ1v) is 6.73. The maximum atomic E-state index is 12.0. The molecule has 0 heterocycles. The van der Waals surface area contributed by atoms with Crippen LogP contribution in [0.25, 0.3) is 0 Å². The predicted molar refractivity (Wildman–Crippen MR) is 80.0 cm³/mol. The van der Waals surface area contributed by atoms with Crippen molar-refractivity contribution >= 4 is 5.91 Å². The Balaban J connectivity index is 1.93. The summed E-state index contributed by atoms with van der Waals surface area (Å²) in [6.07, 6.45) is 1.03. The lowest BCUT2D eigenvalue weighted by Gasteiger charge is -2.07. The van der Waals surface area contributed by atoms with Gasteiger partial charge in [-0.2, -0.15) is 0 Å². The van der Waals surface area contributed by atoms with Gasteiger partial charge in [0, 0.05) is 12.1 Å². The van der Waals surface area contributed by atoms with E-state index in [1.54, 1.807) is 31.4 Å². The molecule has 104 valence electrons. The fourth-order valence-electron chi connectivity index (χ4n) is 1.92. The number of amides is 1. The van der Waals surface area contributed by atoms with Gasteiger partial charge in [-0.05, 0) is 41.8 Å². The second-order valence-corrected chi connectivity index (χ2v) is 4.58. The van der Waals surface area contributed by atoms with Gasteiger partial charge in [-0.15, -0.1) is 0 Å². The van der Waals surface area contributed by atoms with Crippen LogP contribution in [0.1, 0.15) is 28.4 Å². The lowest BCUT2D eigenvalue weighted by atomic mass is 10.1. The molecule has 0 aromatic heterocycles. The molecular weight excluding hydrogens is 250 g/mol. The molecule has 0 aliphatic rings. The van der Waals surface area contributed by atoms with Gasteiger partial charge < -0.3 is 10.1 Å². The van der Waals surface area contributed by atoms with E-state index < -0.39 is 0 Å². The quantitative estimate of drug-likeness (QED) is 0.905. The molecule has 2 aromatic rings. The Morgan fingerprint density at radius 1 is 1.00 bits per heavy atom. The van der Waals surface area contributed by atoms with Gasteiger partial charge in [0.25, 0.3) is 5.91 Å². The minimum absolute atomic E-state index is 0.0766. The van der Waals surface area contributed by atoms with Gasteiger partial charge in [-0.1, -0.05) is 31.2 Å². The highest BCUT2D eigenvalue weighted by Crippen LogP contribution is 2.11. The summed E-state index contributed by atoms with van der Waals surface area (Å²) in [4.78, 5) is 12.0. The van der Waals surface area contributed by atoms with Crippen LogP contribution in [-0.4, -0.2) is 13.0 Å². The summed E-state index contributed by atoms with van der Waals surface area (Å²) in [6.45, 7) is 2.66. The Kier molecular flexibility index (Phi) is 4.77. The molecule has 0 radical (unpaired) electrons. The Bertz CT molecular complexity index is 559. The van der Waals surface area contributed by atoms with Crippen LogP contribution in [0.2, 0.25) is 0 Å². The standard InChI is InChI=1S/C17H19NO2/c1-3-13-4-6-14(7-5-13)12-18-17(19)15-8-10-16(20-2)11-9-15/h4-11H,3,12H2,1-2H3,(H,18,19). The Labute approximate surface area is 119 Å². The van der Waals surface area contributed by atoms with E-state index in [-0.39, 0.29) is 5.91 Å². The molecule has 0 bridgehead atoms. The van der Waals surface area contributed by atoms with Crippen LogP contribution in [0.15, 0.2) is 48.5 Å². The number of methoxy groups -OCH3 is 1. The van der Waals surface area contributed by atoms with Gasteiger partial charge >= 0.3 is 0 Å².